The van der Waals surface area contributed by atoms with E-state index in [1.165, 1.54) is 6.07 Å². The Bertz CT molecular complexity index is 543. The van der Waals surface area contributed by atoms with Crippen LogP contribution in [0.15, 0.2) is 12.1 Å². The summed E-state index contributed by atoms with van der Waals surface area (Å²) >= 11 is 12.2. The Labute approximate surface area is 127 Å². The van der Waals surface area contributed by atoms with Gasteiger partial charge in [0.05, 0.1) is 22.7 Å². The molecule has 2 saturated heterocycles. The minimum Gasteiger partial charge on any atom is -0.508 e. The largest absolute Gasteiger partial charge is 0.508 e. The van der Waals surface area contributed by atoms with Crippen LogP contribution in [0, 0.1) is 0 Å². The Hall–Kier alpha value is -0.970. The van der Waals surface area contributed by atoms with Crippen molar-refractivity contribution in [2.45, 2.75) is 24.8 Å². The van der Waals surface area contributed by atoms with Crippen molar-refractivity contribution in [1.29, 1.82) is 0 Å². The average Bonchev–Trinajstić information content (AvgIpc) is 3.04. The van der Waals surface area contributed by atoms with Crippen molar-refractivity contribution in [3.8, 4) is 5.75 Å². The van der Waals surface area contributed by atoms with Crippen molar-refractivity contribution in [3.05, 3.63) is 27.7 Å². The number of nitrogens with zero attached hydrogens (tertiary/aromatic N) is 1. The molecule has 0 radical (unpaired) electrons. The molecule has 2 aliphatic rings. The molecular weight excluding hydrogens is 301 g/mol. The number of rotatable bonds is 2. The van der Waals surface area contributed by atoms with Crippen LogP contribution in [0.1, 0.15) is 24.3 Å². The summed E-state index contributed by atoms with van der Waals surface area (Å²) in [6, 6.07) is 3.23. The molecule has 2 fully saturated rings. The molecule has 1 amide bonds. The Morgan fingerprint density at radius 2 is 2.15 bits per heavy atom. The van der Waals surface area contributed by atoms with E-state index < -0.39 is 0 Å². The van der Waals surface area contributed by atoms with E-state index in [1.54, 1.807) is 6.07 Å². The molecule has 2 heterocycles. The van der Waals surface area contributed by atoms with E-state index in [0.29, 0.717) is 41.8 Å². The van der Waals surface area contributed by atoms with Crippen LogP contribution in [0.3, 0.4) is 0 Å². The summed E-state index contributed by atoms with van der Waals surface area (Å²) in [5.74, 6) is 0.0666. The second kappa shape index (κ2) is 5.43. The summed E-state index contributed by atoms with van der Waals surface area (Å²) in [6.45, 7) is 1.84. The lowest BCUT2D eigenvalue weighted by molar-refractivity contribution is -0.129. The number of likely N-dealkylation sites (tertiary alicyclic amines) is 1. The quantitative estimate of drug-likeness (QED) is 0.913. The average molecular weight is 316 g/mol. The maximum Gasteiger partial charge on any atom is 0.223 e. The maximum atomic E-state index is 12.2. The van der Waals surface area contributed by atoms with Gasteiger partial charge in [0.15, 0.2) is 0 Å². The van der Waals surface area contributed by atoms with E-state index in [-0.39, 0.29) is 23.6 Å². The number of carbonyl (C=O) groups is 1. The Kier molecular flexibility index (Phi) is 3.80. The fourth-order valence-electron chi connectivity index (χ4n) is 2.99. The number of ether oxygens (including phenoxy) is 1. The molecule has 1 aromatic carbocycles. The zero-order valence-corrected chi connectivity index (χ0v) is 12.3. The summed E-state index contributed by atoms with van der Waals surface area (Å²) in [4.78, 5) is 14.0. The minimum atomic E-state index is -0.116. The topological polar surface area (TPSA) is 49.8 Å². The van der Waals surface area contributed by atoms with E-state index in [0.717, 1.165) is 6.42 Å². The SMILES string of the molecule is O=C1C[C@@H](c2c(O)ccc(Cl)c2Cl)CN1[C@@H]1CCOC1. The van der Waals surface area contributed by atoms with Crippen LogP contribution in [-0.2, 0) is 9.53 Å². The number of amides is 1. The monoisotopic (exact) mass is 315 g/mol. The molecule has 1 aromatic rings. The second-order valence-electron chi connectivity index (χ2n) is 5.26. The van der Waals surface area contributed by atoms with Gasteiger partial charge in [-0.25, -0.2) is 0 Å². The van der Waals surface area contributed by atoms with Crippen LogP contribution in [0.5, 0.6) is 5.75 Å². The van der Waals surface area contributed by atoms with Gasteiger partial charge in [-0.2, -0.15) is 0 Å². The highest BCUT2D eigenvalue weighted by molar-refractivity contribution is 6.42. The normalized spacial score (nSPS) is 26.5. The summed E-state index contributed by atoms with van der Waals surface area (Å²) in [6.07, 6.45) is 1.22. The zero-order chi connectivity index (χ0) is 14.3. The summed E-state index contributed by atoms with van der Waals surface area (Å²) in [7, 11) is 0. The van der Waals surface area contributed by atoms with Gasteiger partial charge in [0.25, 0.3) is 0 Å². The molecule has 108 valence electrons. The maximum absolute atomic E-state index is 12.2. The molecule has 0 unspecified atom stereocenters. The molecule has 0 bridgehead atoms. The van der Waals surface area contributed by atoms with Crippen molar-refractivity contribution in [1.82, 2.24) is 4.90 Å². The molecule has 0 saturated carbocycles. The van der Waals surface area contributed by atoms with Crippen molar-refractivity contribution >= 4 is 29.1 Å². The molecule has 0 spiro atoms. The number of phenols is 1. The number of carbonyl (C=O) groups excluding carboxylic acids is 1. The van der Waals surface area contributed by atoms with Crippen LogP contribution in [0.25, 0.3) is 0 Å². The lowest BCUT2D eigenvalue weighted by Crippen LogP contribution is -2.36. The van der Waals surface area contributed by atoms with E-state index in [2.05, 4.69) is 0 Å². The number of phenolic OH excluding ortho intramolecular Hbond substituents is 1. The molecule has 0 aromatic heterocycles. The van der Waals surface area contributed by atoms with Crippen LogP contribution in [0.4, 0.5) is 0 Å². The van der Waals surface area contributed by atoms with Gasteiger partial charge in [0.2, 0.25) is 5.91 Å². The third-order valence-electron chi connectivity index (χ3n) is 4.02. The van der Waals surface area contributed by atoms with E-state index in [9.17, 15) is 9.90 Å². The molecule has 6 heteroatoms. The van der Waals surface area contributed by atoms with Gasteiger partial charge in [-0.1, -0.05) is 23.2 Å². The molecule has 3 rings (SSSR count). The van der Waals surface area contributed by atoms with Crippen LogP contribution in [0.2, 0.25) is 10.0 Å². The predicted octanol–water partition coefficient (Wildman–Crippen LogP) is 2.80. The molecule has 4 nitrogen and oxygen atoms in total. The van der Waals surface area contributed by atoms with E-state index in [1.807, 2.05) is 4.90 Å². The Morgan fingerprint density at radius 1 is 1.35 bits per heavy atom. The van der Waals surface area contributed by atoms with E-state index >= 15 is 0 Å². The lowest BCUT2D eigenvalue weighted by Gasteiger charge is -2.23. The fraction of sp³-hybridized carbons (Fsp3) is 0.500. The van der Waals surface area contributed by atoms with Gasteiger partial charge in [-0.15, -0.1) is 0 Å². The minimum absolute atomic E-state index is 0.0842. The van der Waals surface area contributed by atoms with Gasteiger partial charge in [-0.3, -0.25) is 4.79 Å². The van der Waals surface area contributed by atoms with Crippen LogP contribution in [-0.4, -0.2) is 41.7 Å². The third kappa shape index (κ3) is 2.36. The summed E-state index contributed by atoms with van der Waals surface area (Å²) in [5, 5.41) is 10.8. The number of hydrogen-bond donors (Lipinski definition) is 1. The number of hydrogen-bond acceptors (Lipinski definition) is 3. The van der Waals surface area contributed by atoms with E-state index in [4.69, 9.17) is 27.9 Å². The highest BCUT2D eigenvalue weighted by Crippen LogP contribution is 2.42. The van der Waals surface area contributed by atoms with Gasteiger partial charge < -0.3 is 14.7 Å². The first-order valence-electron chi connectivity index (χ1n) is 6.62. The highest BCUT2D eigenvalue weighted by Gasteiger charge is 2.38. The lowest BCUT2D eigenvalue weighted by atomic mass is 9.97. The molecule has 20 heavy (non-hydrogen) atoms. The molecule has 2 aliphatic heterocycles. The van der Waals surface area contributed by atoms with Crippen LogP contribution < -0.4 is 0 Å². The second-order valence-corrected chi connectivity index (χ2v) is 6.04. The number of benzene rings is 1. The molecular formula is C14H15Cl2NO3. The van der Waals surface area contributed by atoms with Gasteiger partial charge >= 0.3 is 0 Å². The molecule has 2 atom stereocenters. The van der Waals surface area contributed by atoms with Crippen LogP contribution >= 0.6 is 23.2 Å². The fourth-order valence-corrected chi connectivity index (χ4v) is 3.47. The first kappa shape index (κ1) is 14.0. The first-order chi connectivity index (χ1) is 9.58. The summed E-state index contributed by atoms with van der Waals surface area (Å²) < 4.78 is 5.33. The summed E-state index contributed by atoms with van der Waals surface area (Å²) in [5.41, 5.74) is 0.578. The Balaban J connectivity index is 1.86. The standard InChI is InChI=1S/C14H15Cl2NO3/c15-10-1-2-11(18)13(14(10)16)8-5-12(19)17(6-8)9-3-4-20-7-9/h1-2,8-9,18H,3-7H2/t8-,9-/m1/s1. The Morgan fingerprint density at radius 3 is 2.85 bits per heavy atom. The van der Waals surface area contributed by atoms with Crippen molar-refractivity contribution in [3.63, 3.8) is 0 Å². The zero-order valence-electron chi connectivity index (χ0n) is 10.8. The van der Waals surface area contributed by atoms with Crippen molar-refractivity contribution in [2.75, 3.05) is 19.8 Å². The number of halogens is 2. The van der Waals surface area contributed by atoms with Crippen molar-refractivity contribution in [2.24, 2.45) is 0 Å². The van der Waals surface area contributed by atoms with Gasteiger partial charge in [0.1, 0.15) is 5.75 Å². The highest BCUT2D eigenvalue weighted by atomic mass is 35.5. The molecule has 1 N–H and O–H groups in total. The van der Waals surface area contributed by atoms with Gasteiger partial charge in [-0.05, 0) is 18.6 Å². The third-order valence-corrected chi connectivity index (χ3v) is 4.84. The smallest absolute Gasteiger partial charge is 0.223 e. The predicted molar refractivity (Wildman–Crippen MR) is 76.4 cm³/mol. The van der Waals surface area contributed by atoms with Crippen molar-refractivity contribution < 1.29 is 14.6 Å². The first-order valence-corrected chi connectivity index (χ1v) is 7.37. The van der Waals surface area contributed by atoms with Gasteiger partial charge in [0, 0.05) is 31.1 Å². The number of aromatic hydroxyl groups is 1. The molecule has 0 aliphatic carbocycles.